The van der Waals surface area contributed by atoms with Crippen molar-refractivity contribution in [2.24, 2.45) is 0 Å². The highest BCUT2D eigenvalue weighted by molar-refractivity contribution is 7.99. The smallest absolute Gasteiger partial charge is 0.0557 e. The lowest BCUT2D eigenvalue weighted by atomic mass is 10.6. The van der Waals surface area contributed by atoms with Crippen LogP contribution in [-0.4, -0.2) is 36.2 Å². The van der Waals surface area contributed by atoms with E-state index in [9.17, 15) is 0 Å². The molecule has 0 saturated carbocycles. The SMILES string of the molecule is CSCCOCCSC(C)C. The molecule has 0 N–H and O–H groups in total. The van der Waals surface area contributed by atoms with E-state index in [2.05, 4.69) is 20.1 Å². The predicted octanol–water partition coefficient (Wildman–Crippen LogP) is 2.51. The van der Waals surface area contributed by atoms with Gasteiger partial charge in [-0.05, 0) is 11.5 Å². The summed E-state index contributed by atoms with van der Waals surface area (Å²) >= 11 is 3.79. The molecule has 0 saturated heterocycles. The Morgan fingerprint density at radius 2 is 1.82 bits per heavy atom. The summed E-state index contributed by atoms with van der Waals surface area (Å²) in [5.74, 6) is 2.25. The van der Waals surface area contributed by atoms with E-state index in [1.54, 1.807) is 0 Å². The zero-order valence-corrected chi connectivity index (χ0v) is 9.26. The molecule has 0 aliphatic rings. The van der Waals surface area contributed by atoms with Crippen LogP contribution in [0.1, 0.15) is 13.8 Å². The van der Waals surface area contributed by atoms with Gasteiger partial charge < -0.3 is 4.74 Å². The predicted molar refractivity (Wildman–Crippen MR) is 56.8 cm³/mol. The first-order valence-electron chi connectivity index (χ1n) is 3.95. The minimum absolute atomic E-state index is 0.735. The molecule has 1 nitrogen and oxygen atoms in total. The number of hydrogen-bond acceptors (Lipinski definition) is 3. The number of hydrogen-bond donors (Lipinski definition) is 0. The van der Waals surface area contributed by atoms with Gasteiger partial charge in [-0.2, -0.15) is 23.5 Å². The van der Waals surface area contributed by atoms with Crippen molar-refractivity contribution >= 4 is 23.5 Å². The van der Waals surface area contributed by atoms with Gasteiger partial charge in [-0.1, -0.05) is 13.8 Å². The maximum absolute atomic E-state index is 5.38. The van der Waals surface area contributed by atoms with Crippen molar-refractivity contribution < 1.29 is 4.74 Å². The van der Waals surface area contributed by atoms with Crippen molar-refractivity contribution in [2.45, 2.75) is 19.1 Å². The second-order valence-corrected chi connectivity index (χ2v) is 5.19. The number of thioether (sulfide) groups is 2. The monoisotopic (exact) mass is 194 g/mol. The Balaban J connectivity index is 2.80. The normalized spacial score (nSPS) is 10.9. The van der Waals surface area contributed by atoms with E-state index in [4.69, 9.17) is 4.74 Å². The molecule has 68 valence electrons. The summed E-state index contributed by atoms with van der Waals surface area (Å²) in [6, 6.07) is 0. The van der Waals surface area contributed by atoms with Gasteiger partial charge >= 0.3 is 0 Å². The van der Waals surface area contributed by atoms with Gasteiger partial charge in [0.2, 0.25) is 0 Å². The quantitative estimate of drug-likeness (QED) is 0.576. The Kier molecular flexibility index (Phi) is 9.28. The summed E-state index contributed by atoms with van der Waals surface area (Å²) in [7, 11) is 0. The van der Waals surface area contributed by atoms with Crippen LogP contribution in [0.3, 0.4) is 0 Å². The van der Waals surface area contributed by atoms with Crippen LogP contribution >= 0.6 is 23.5 Å². The molecular formula is C8H18OS2. The third-order valence-electron chi connectivity index (χ3n) is 1.11. The van der Waals surface area contributed by atoms with Crippen molar-refractivity contribution in [3.8, 4) is 0 Å². The molecule has 0 aromatic heterocycles. The second-order valence-electron chi connectivity index (χ2n) is 2.52. The molecule has 0 aliphatic heterocycles. The van der Waals surface area contributed by atoms with Crippen molar-refractivity contribution in [2.75, 3.05) is 31.0 Å². The van der Waals surface area contributed by atoms with Gasteiger partial charge in [0, 0.05) is 11.5 Å². The van der Waals surface area contributed by atoms with Gasteiger partial charge in [0.1, 0.15) is 0 Å². The van der Waals surface area contributed by atoms with E-state index in [-0.39, 0.29) is 0 Å². The van der Waals surface area contributed by atoms with Crippen LogP contribution in [0.5, 0.6) is 0 Å². The zero-order chi connectivity index (χ0) is 8.53. The van der Waals surface area contributed by atoms with E-state index in [1.165, 1.54) is 0 Å². The molecule has 0 aliphatic carbocycles. The van der Waals surface area contributed by atoms with Crippen LogP contribution in [0, 0.1) is 0 Å². The van der Waals surface area contributed by atoms with Crippen LogP contribution in [0.15, 0.2) is 0 Å². The molecule has 0 aromatic rings. The fourth-order valence-electron chi connectivity index (χ4n) is 0.587. The Morgan fingerprint density at radius 3 is 2.36 bits per heavy atom. The lowest BCUT2D eigenvalue weighted by Gasteiger charge is -2.04. The molecule has 0 heterocycles. The summed E-state index contributed by atoms with van der Waals surface area (Å²) in [6.45, 7) is 6.24. The van der Waals surface area contributed by atoms with E-state index < -0.39 is 0 Å². The first-order chi connectivity index (χ1) is 5.27. The molecular weight excluding hydrogens is 176 g/mol. The average molecular weight is 194 g/mol. The van der Waals surface area contributed by atoms with Crippen LogP contribution in [0.2, 0.25) is 0 Å². The summed E-state index contributed by atoms with van der Waals surface area (Å²) in [5.41, 5.74) is 0. The van der Waals surface area contributed by atoms with Gasteiger partial charge in [0.15, 0.2) is 0 Å². The average Bonchev–Trinajstić information content (AvgIpc) is 1.96. The maximum Gasteiger partial charge on any atom is 0.0557 e. The highest BCUT2D eigenvalue weighted by Gasteiger charge is 1.93. The van der Waals surface area contributed by atoms with Gasteiger partial charge in [0.05, 0.1) is 13.2 Å². The lowest BCUT2D eigenvalue weighted by molar-refractivity contribution is 0.167. The molecule has 0 fully saturated rings. The van der Waals surface area contributed by atoms with Gasteiger partial charge in [-0.15, -0.1) is 0 Å². The van der Waals surface area contributed by atoms with Gasteiger partial charge in [-0.3, -0.25) is 0 Å². The highest BCUT2D eigenvalue weighted by Crippen LogP contribution is 2.07. The fraction of sp³-hybridized carbons (Fsp3) is 1.00. The first-order valence-corrected chi connectivity index (χ1v) is 6.40. The topological polar surface area (TPSA) is 9.23 Å². The maximum atomic E-state index is 5.38. The molecule has 0 spiro atoms. The van der Waals surface area contributed by atoms with E-state index in [0.717, 1.165) is 30.0 Å². The molecule has 0 rings (SSSR count). The third-order valence-corrected chi connectivity index (χ3v) is 2.75. The summed E-state index contributed by atoms with van der Waals surface area (Å²) < 4.78 is 5.38. The van der Waals surface area contributed by atoms with Crippen molar-refractivity contribution in [3.63, 3.8) is 0 Å². The molecule has 0 atom stereocenters. The standard InChI is InChI=1S/C8H18OS2/c1-8(2)11-7-5-9-4-6-10-3/h8H,4-7H2,1-3H3. The minimum atomic E-state index is 0.735. The Hall–Kier alpha value is 0.660. The second kappa shape index (κ2) is 8.75. The molecule has 11 heavy (non-hydrogen) atoms. The molecule has 0 bridgehead atoms. The van der Waals surface area contributed by atoms with E-state index in [1.807, 2.05) is 23.5 Å². The largest absolute Gasteiger partial charge is 0.380 e. The Morgan fingerprint density at radius 1 is 1.18 bits per heavy atom. The number of ether oxygens (including phenoxy) is 1. The number of rotatable bonds is 7. The first kappa shape index (κ1) is 11.7. The molecule has 3 heteroatoms. The van der Waals surface area contributed by atoms with Crippen LogP contribution in [0.25, 0.3) is 0 Å². The lowest BCUT2D eigenvalue weighted by Crippen LogP contribution is -2.02. The zero-order valence-electron chi connectivity index (χ0n) is 7.63. The summed E-state index contributed by atoms with van der Waals surface area (Å²) in [6.07, 6.45) is 2.10. The summed E-state index contributed by atoms with van der Waals surface area (Å²) in [4.78, 5) is 0. The molecule has 0 aromatic carbocycles. The highest BCUT2D eigenvalue weighted by atomic mass is 32.2. The fourth-order valence-corrected chi connectivity index (χ4v) is 1.56. The molecule has 0 radical (unpaired) electrons. The van der Waals surface area contributed by atoms with Crippen molar-refractivity contribution in [1.82, 2.24) is 0 Å². The van der Waals surface area contributed by atoms with Crippen molar-refractivity contribution in [1.29, 1.82) is 0 Å². The van der Waals surface area contributed by atoms with Crippen molar-refractivity contribution in [3.05, 3.63) is 0 Å². The Bertz CT molecular complexity index is 76.5. The molecule has 0 amide bonds. The Labute approximate surface area is 78.7 Å². The van der Waals surface area contributed by atoms with E-state index >= 15 is 0 Å². The van der Waals surface area contributed by atoms with Gasteiger partial charge in [-0.25, -0.2) is 0 Å². The minimum Gasteiger partial charge on any atom is -0.380 e. The van der Waals surface area contributed by atoms with Crippen LogP contribution < -0.4 is 0 Å². The van der Waals surface area contributed by atoms with Crippen LogP contribution in [0.4, 0.5) is 0 Å². The van der Waals surface area contributed by atoms with E-state index in [0.29, 0.717) is 0 Å². The van der Waals surface area contributed by atoms with Gasteiger partial charge in [0.25, 0.3) is 0 Å². The third kappa shape index (κ3) is 10.7. The summed E-state index contributed by atoms with van der Waals surface area (Å²) in [5, 5.41) is 0.735. The molecule has 0 unspecified atom stereocenters. The van der Waals surface area contributed by atoms with Crippen LogP contribution in [-0.2, 0) is 4.74 Å².